The van der Waals surface area contributed by atoms with Gasteiger partial charge in [-0.2, -0.15) is 9.97 Å². The zero-order chi connectivity index (χ0) is 31.3. The number of hydrogen-bond donors (Lipinski definition) is 4. The molecule has 1 aromatic heterocycles. The molecule has 7 rings (SSSR count). The number of phenols is 1. The smallest absolute Gasteiger partial charge is 0.319 e. The molecule has 1 saturated carbocycles. The lowest BCUT2D eigenvalue weighted by Crippen LogP contribution is -2.59. The second-order valence-corrected chi connectivity index (χ2v) is 13.1. The van der Waals surface area contributed by atoms with Crippen molar-refractivity contribution in [3.63, 3.8) is 0 Å². The van der Waals surface area contributed by atoms with Crippen LogP contribution in [0.25, 0.3) is 32.8 Å². The number of rotatable bonds is 8. The average Bonchev–Trinajstić information content (AvgIpc) is 3.79. The zero-order valence-electron chi connectivity index (χ0n) is 25.0. The van der Waals surface area contributed by atoms with Gasteiger partial charge in [-0.1, -0.05) is 35.9 Å². The molecule has 0 amide bonds. The first kappa shape index (κ1) is 30.3. The number of aliphatic hydroxyl groups excluding tert-OH is 1. The molecule has 3 fully saturated rings. The highest BCUT2D eigenvalue weighted by atomic mass is 35.5. The van der Waals surface area contributed by atoms with E-state index in [0.717, 1.165) is 56.5 Å². The number of phenolic OH excluding ortho intramolecular Hbond substituents is 1. The molecule has 2 saturated heterocycles. The standard InChI is InChI=1S/C33H37ClFN5O5/c1-19-15-40(16-26(36-19)31(42)43)30-24-14-25(34)27(23-13-21(41)12-20-4-2-3-5-22(20)23)28(35)29(24)37-32(38-30)45-18-33(6-7-33)17-39-8-10-44-11-9-39/h2-5,12-14,19,26,31,36,41-43H,6-11,15-18H2,1H3. The summed E-state index contributed by atoms with van der Waals surface area (Å²) in [5.74, 6) is -0.261. The Morgan fingerprint density at radius 3 is 2.64 bits per heavy atom. The number of aromatic nitrogens is 2. The van der Waals surface area contributed by atoms with Gasteiger partial charge in [0.15, 0.2) is 12.1 Å². The number of aromatic hydroxyl groups is 1. The number of nitrogens with one attached hydrogen (secondary N) is 1. The van der Waals surface area contributed by atoms with Gasteiger partial charge in [0.25, 0.3) is 0 Å². The predicted octanol–water partition coefficient (Wildman–Crippen LogP) is 3.92. The van der Waals surface area contributed by atoms with E-state index in [0.29, 0.717) is 29.9 Å². The third-order valence-corrected chi connectivity index (χ3v) is 9.45. The fourth-order valence-electron chi connectivity index (χ4n) is 6.66. The Balaban J connectivity index is 1.32. The molecule has 3 aliphatic rings. The van der Waals surface area contributed by atoms with Crippen molar-refractivity contribution in [3.8, 4) is 22.9 Å². The highest BCUT2D eigenvalue weighted by Crippen LogP contribution is 2.47. The van der Waals surface area contributed by atoms with Gasteiger partial charge in [0.05, 0.1) is 30.9 Å². The highest BCUT2D eigenvalue weighted by Gasteiger charge is 2.45. The minimum absolute atomic E-state index is 0.00920. The Morgan fingerprint density at radius 2 is 1.89 bits per heavy atom. The molecular formula is C33H37ClFN5O5. The van der Waals surface area contributed by atoms with Gasteiger partial charge in [-0.3, -0.25) is 4.90 Å². The minimum Gasteiger partial charge on any atom is -0.508 e. The Kier molecular flexibility index (Phi) is 8.18. The Hall–Kier alpha value is -3.32. The number of ether oxygens (including phenoxy) is 2. The van der Waals surface area contributed by atoms with Crippen LogP contribution in [0.4, 0.5) is 10.2 Å². The molecule has 1 aliphatic carbocycles. The zero-order valence-corrected chi connectivity index (χ0v) is 25.8. The molecule has 2 atom stereocenters. The summed E-state index contributed by atoms with van der Waals surface area (Å²) >= 11 is 6.84. The average molecular weight is 638 g/mol. The van der Waals surface area contributed by atoms with Crippen LogP contribution in [-0.2, 0) is 4.74 Å². The third kappa shape index (κ3) is 6.13. The number of fused-ring (bicyclic) bond motifs is 2. The van der Waals surface area contributed by atoms with Crippen molar-refractivity contribution >= 4 is 39.1 Å². The summed E-state index contributed by atoms with van der Waals surface area (Å²) in [5.41, 5.74) is 0.581. The lowest BCUT2D eigenvalue weighted by Gasteiger charge is -2.39. The number of anilines is 1. The molecule has 12 heteroatoms. The SMILES string of the molecule is CC1CN(c2nc(OCC3(CN4CCOCC4)CC3)nc3c(F)c(-c4cc(O)cc5ccccc45)c(Cl)cc23)CC(C(O)O)N1. The highest BCUT2D eigenvalue weighted by molar-refractivity contribution is 6.35. The van der Waals surface area contributed by atoms with E-state index in [4.69, 9.17) is 26.1 Å². The molecule has 4 aromatic rings. The van der Waals surface area contributed by atoms with E-state index >= 15 is 4.39 Å². The van der Waals surface area contributed by atoms with Gasteiger partial charge in [-0.25, -0.2) is 4.39 Å². The van der Waals surface area contributed by atoms with Gasteiger partial charge in [-0.05, 0) is 54.3 Å². The second-order valence-electron chi connectivity index (χ2n) is 12.7. The van der Waals surface area contributed by atoms with Crippen LogP contribution in [0.3, 0.4) is 0 Å². The largest absolute Gasteiger partial charge is 0.508 e. The molecule has 3 heterocycles. The maximum atomic E-state index is 16.8. The summed E-state index contributed by atoms with van der Waals surface area (Å²) in [6, 6.07) is 11.5. The Labute approximate surface area is 265 Å². The molecule has 3 aromatic carbocycles. The normalized spacial score (nSPS) is 22.0. The summed E-state index contributed by atoms with van der Waals surface area (Å²) < 4.78 is 28.6. The van der Waals surface area contributed by atoms with Crippen LogP contribution in [0, 0.1) is 11.2 Å². The van der Waals surface area contributed by atoms with Crippen LogP contribution in [0.2, 0.25) is 5.02 Å². The first-order valence-electron chi connectivity index (χ1n) is 15.4. The van der Waals surface area contributed by atoms with E-state index in [-0.39, 0.29) is 45.9 Å². The number of benzene rings is 3. The maximum Gasteiger partial charge on any atom is 0.319 e. The molecule has 4 N–H and O–H groups in total. The number of nitrogens with zero attached hydrogens (tertiary/aromatic N) is 4. The molecule has 10 nitrogen and oxygen atoms in total. The molecule has 2 unspecified atom stereocenters. The Morgan fingerprint density at radius 1 is 1.11 bits per heavy atom. The van der Waals surface area contributed by atoms with Gasteiger partial charge in [0.2, 0.25) is 0 Å². The molecule has 0 bridgehead atoms. The van der Waals surface area contributed by atoms with E-state index < -0.39 is 18.1 Å². The van der Waals surface area contributed by atoms with Crippen molar-refractivity contribution in [2.45, 2.75) is 38.1 Å². The number of hydrogen-bond acceptors (Lipinski definition) is 10. The number of morpholine rings is 1. The minimum atomic E-state index is -1.60. The van der Waals surface area contributed by atoms with Crippen molar-refractivity contribution in [1.29, 1.82) is 0 Å². The quantitative estimate of drug-likeness (QED) is 0.212. The summed E-state index contributed by atoms with van der Waals surface area (Å²) in [6.45, 7) is 7.13. The van der Waals surface area contributed by atoms with Crippen LogP contribution in [0.1, 0.15) is 19.8 Å². The number of aliphatic hydroxyl groups is 2. The molecule has 2 aliphatic heterocycles. The summed E-state index contributed by atoms with van der Waals surface area (Å²) in [5, 5.41) is 35.7. The van der Waals surface area contributed by atoms with Gasteiger partial charge < -0.3 is 35.0 Å². The van der Waals surface area contributed by atoms with Gasteiger partial charge in [-0.15, -0.1) is 0 Å². The van der Waals surface area contributed by atoms with E-state index in [1.54, 1.807) is 12.1 Å². The third-order valence-electron chi connectivity index (χ3n) is 9.15. The predicted molar refractivity (Wildman–Crippen MR) is 170 cm³/mol. The Bertz CT molecular complexity index is 1730. The topological polar surface area (TPSA) is 123 Å². The summed E-state index contributed by atoms with van der Waals surface area (Å²) in [7, 11) is 0. The number of piperazine rings is 1. The van der Waals surface area contributed by atoms with Gasteiger partial charge in [0, 0.05) is 55.1 Å². The monoisotopic (exact) mass is 637 g/mol. The number of halogens is 2. The first-order chi connectivity index (χ1) is 21.7. The van der Waals surface area contributed by atoms with Crippen LogP contribution < -0.4 is 15.0 Å². The molecule has 45 heavy (non-hydrogen) atoms. The summed E-state index contributed by atoms with van der Waals surface area (Å²) in [4.78, 5) is 13.7. The van der Waals surface area contributed by atoms with Crippen molar-refractivity contribution in [1.82, 2.24) is 20.2 Å². The molecule has 0 radical (unpaired) electrons. The van der Waals surface area contributed by atoms with E-state index in [1.807, 2.05) is 36.1 Å². The van der Waals surface area contributed by atoms with E-state index in [2.05, 4.69) is 15.2 Å². The van der Waals surface area contributed by atoms with Crippen molar-refractivity contribution in [3.05, 3.63) is 53.3 Å². The fourth-order valence-corrected chi connectivity index (χ4v) is 6.95. The maximum absolute atomic E-state index is 16.8. The second kappa shape index (κ2) is 12.1. The summed E-state index contributed by atoms with van der Waals surface area (Å²) in [6.07, 6.45) is 0.448. The van der Waals surface area contributed by atoms with Crippen LogP contribution in [0.5, 0.6) is 11.8 Å². The van der Waals surface area contributed by atoms with Crippen molar-refractivity contribution in [2.75, 3.05) is 57.4 Å². The van der Waals surface area contributed by atoms with E-state index in [1.165, 1.54) is 6.07 Å². The lowest BCUT2D eigenvalue weighted by atomic mass is 9.96. The molecule has 0 spiro atoms. The van der Waals surface area contributed by atoms with Gasteiger partial charge >= 0.3 is 6.01 Å². The molecular weight excluding hydrogens is 601 g/mol. The first-order valence-corrected chi connectivity index (χ1v) is 15.8. The van der Waals surface area contributed by atoms with Gasteiger partial charge in [0.1, 0.15) is 17.1 Å². The fraction of sp³-hybridized carbons (Fsp3) is 0.455. The lowest BCUT2D eigenvalue weighted by molar-refractivity contribution is -0.0697. The van der Waals surface area contributed by atoms with Crippen LogP contribution >= 0.6 is 11.6 Å². The van der Waals surface area contributed by atoms with E-state index in [9.17, 15) is 15.3 Å². The van der Waals surface area contributed by atoms with Crippen LogP contribution in [-0.4, -0.2) is 101 Å². The van der Waals surface area contributed by atoms with Crippen molar-refractivity contribution in [2.24, 2.45) is 5.41 Å². The van der Waals surface area contributed by atoms with Crippen molar-refractivity contribution < 1.29 is 29.2 Å². The molecule has 238 valence electrons. The van der Waals surface area contributed by atoms with Crippen LogP contribution in [0.15, 0.2) is 42.5 Å².